The lowest BCUT2D eigenvalue weighted by molar-refractivity contribution is -0.115. The Kier molecular flexibility index (Phi) is 3.89. The molecule has 6 heteroatoms. The maximum atomic E-state index is 12.7. The van der Waals surface area contributed by atoms with E-state index < -0.39 is 0 Å². The van der Waals surface area contributed by atoms with Gasteiger partial charge in [0.25, 0.3) is 0 Å². The first-order valence-corrected chi connectivity index (χ1v) is 11.6. The second-order valence-corrected chi connectivity index (χ2v) is 10.6. The molecule has 4 aliphatic carbocycles. The zero-order valence-corrected chi connectivity index (χ0v) is 17.5. The molecule has 5 nitrogen and oxygen atoms in total. The van der Waals surface area contributed by atoms with Crippen LogP contribution in [-0.2, 0) is 16.6 Å². The maximum Gasteiger partial charge on any atom is 0.230 e. The number of carbonyl (C=O) groups excluding carboxylic acids is 1. The van der Waals surface area contributed by atoms with Crippen LogP contribution in [0.5, 0.6) is 0 Å². The molecule has 2 aromatic heterocycles. The van der Waals surface area contributed by atoms with Gasteiger partial charge < -0.3 is 10.3 Å². The van der Waals surface area contributed by atoms with E-state index in [1.165, 1.54) is 38.5 Å². The van der Waals surface area contributed by atoms with E-state index in [9.17, 15) is 4.79 Å². The number of carbonyl (C=O) groups is 1. The first-order chi connectivity index (χ1) is 14.1. The number of hydrogen-bond donors (Lipinski definition) is 2. The molecule has 3 aromatic rings. The van der Waals surface area contributed by atoms with E-state index in [-0.39, 0.29) is 11.3 Å². The Morgan fingerprint density at radius 3 is 2.55 bits per heavy atom. The summed E-state index contributed by atoms with van der Waals surface area (Å²) in [5.74, 6) is 2.63. The molecule has 4 aliphatic rings. The number of para-hydroxylation sites is 1. The number of anilines is 1. The summed E-state index contributed by atoms with van der Waals surface area (Å²) in [7, 11) is 0. The van der Waals surface area contributed by atoms with Crippen LogP contribution in [0, 0.1) is 24.7 Å². The number of fused-ring (bicyclic) bond motifs is 1. The van der Waals surface area contributed by atoms with Crippen LogP contribution in [0.15, 0.2) is 24.3 Å². The predicted octanol–water partition coefficient (Wildman–Crippen LogP) is 4.98. The molecule has 4 saturated carbocycles. The predicted molar refractivity (Wildman–Crippen MR) is 115 cm³/mol. The summed E-state index contributed by atoms with van der Waals surface area (Å²) in [6.45, 7) is 2.03. The smallest absolute Gasteiger partial charge is 0.230 e. The van der Waals surface area contributed by atoms with Gasteiger partial charge in [0.2, 0.25) is 11.0 Å². The van der Waals surface area contributed by atoms with Crippen LogP contribution < -0.4 is 5.32 Å². The van der Waals surface area contributed by atoms with Crippen molar-refractivity contribution >= 4 is 33.3 Å². The van der Waals surface area contributed by atoms with Gasteiger partial charge in [-0.3, -0.25) is 4.79 Å². The summed E-state index contributed by atoms with van der Waals surface area (Å²) >= 11 is 1.61. The Morgan fingerprint density at radius 2 is 1.83 bits per heavy atom. The average molecular weight is 407 g/mol. The number of benzene rings is 1. The van der Waals surface area contributed by atoms with Gasteiger partial charge in [0.15, 0.2) is 0 Å². The number of rotatable bonds is 4. The van der Waals surface area contributed by atoms with Crippen molar-refractivity contribution in [2.24, 2.45) is 17.8 Å². The quantitative estimate of drug-likeness (QED) is 0.642. The van der Waals surface area contributed by atoms with Crippen molar-refractivity contribution in [3.05, 3.63) is 40.5 Å². The summed E-state index contributed by atoms with van der Waals surface area (Å²) < 4.78 is 0. The van der Waals surface area contributed by atoms with Crippen LogP contribution in [0.2, 0.25) is 0 Å². The minimum atomic E-state index is -0.0222. The fourth-order valence-electron chi connectivity index (χ4n) is 6.75. The van der Waals surface area contributed by atoms with E-state index in [0.29, 0.717) is 11.6 Å². The van der Waals surface area contributed by atoms with Crippen LogP contribution in [0.3, 0.4) is 0 Å². The maximum absolute atomic E-state index is 12.7. The minimum Gasteiger partial charge on any atom is -0.358 e. The van der Waals surface area contributed by atoms with Gasteiger partial charge in [0.05, 0.1) is 6.42 Å². The monoisotopic (exact) mass is 406 g/mol. The summed E-state index contributed by atoms with van der Waals surface area (Å²) in [6, 6.07) is 8.14. The molecule has 0 atom stereocenters. The first kappa shape index (κ1) is 17.6. The van der Waals surface area contributed by atoms with Crippen molar-refractivity contribution in [3.8, 4) is 0 Å². The zero-order valence-electron chi connectivity index (χ0n) is 16.7. The average Bonchev–Trinajstić information content (AvgIpc) is 3.26. The summed E-state index contributed by atoms with van der Waals surface area (Å²) in [6.07, 6.45) is 8.44. The van der Waals surface area contributed by atoms with Crippen LogP contribution in [0.25, 0.3) is 10.9 Å². The minimum absolute atomic E-state index is 0.0222. The number of nitrogens with one attached hydrogen (secondary N) is 2. The van der Waals surface area contributed by atoms with Crippen molar-refractivity contribution in [2.45, 2.75) is 57.3 Å². The third kappa shape index (κ3) is 2.91. The van der Waals surface area contributed by atoms with Gasteiger partial charge in [-0.1, -0.05) is 29.5 Å². The molecule has 0 spiro atoms. The number of aryl methyl sites for hydroxylation is 1. The van der Waals surface area contributed by atoms with Gasteiger partial charge in [-0.25, -0.2) is 0 Å². The fraction of sp³-hybridized carbons (Fsp3) is 0.522. The Balaban J connectivity index is 1.20. The molecule has 150 valence electrons. The lowest BCUT2D eigenvalue weighted by Gasteiger charge is -2.55. The van der Waals surface area contributed by atoms with E-state index >= 15 is 0 Å². The van der Waals surface area contributed by atoms with E-state index in [1.807, 2.05) is 25.1 Å². The van der Waals surface area contributed by atoms with Crippen LogP contribution in [-0.4, -0.2) is 21.1 Å². The summed E-state index contributed by atoms with van der Waals surface area (Å²) in [5, 5.41) is 14.9. The molecule has 0 unspecified atom stereocenters. The second kappa shape index (κ2) is 6.39. The molecule has 1 amide bonds. The van der Waals surface area contributed by atoms with Gasteiger partial charge in [-0.15, -0.1) is 10.2 Å². The topological polar surface area (TPSA) is 70.7 Å². The molecule has 0 radical (unpaired) electrons. The highest BCUT2D eigenvalue weighted by atomic mass is 32.1. The summed E-state index contributed by atoms with van der Waals surface area (Å²) in [5.41, 5.74) is 3.42. The number of nitrogens with zero attached hydrogens (tertiary/aromatic N) is 2. The lowest BCUT2D eigenvalue weighted by Crippen LogP contribution is -2.48. The van der Waals surface area contributed by atoms with Crippen molar-refractivity contribution in [1.29, 1.82) is 0 Å². The highest BCUT2D eigenvalue weighted by Crippen LogP contribution is 2.61. The fourth-order valence-corrected chi connectivity index (χ4v) is 7.72. The number of aromatic amines is 1. The van der Waals surface area contributed by atoms with E-state index in [4.69, 9.17) is 0 Å². The molecular formula is C23H26N4OS. The Hall–Kier alpha value is -2.21. The van der Waals surface area contributed by atoms with E-state index in [0.717, 1.165) is 44.9 Å². The van der Waals surface area contributed by atoms with E-state index in [1.54, 1.807) is 11.3 Å². The normalized spacial score (nSPS) is 30.2. The van der Waals surface area contributed by atoms with Gasteiger partial charge in [0.1, 0.15) is 5.01 Å². The molecular weight excluding hydrogens is 380 g/mol. The lowest BCUT2D eigenvalue weighted by atomic mass is 9.50. The van der Waals surface area contributed by atoms with Gasteiger partial charge in [0, 0.05) is 22.0 Å². The first-order valence-electron chi connectivity index (χ1n) is 10.8. The molecule has 0 saturated heterocycles. The SMILES string of the molecule is Cc1[nH]c2ccccc2c1CC(=O)Nc1nnc(C23CC4CC(CC(C4)C2)C3)s1. The van der Waals surface area contributed by atoms with Crippen LogP contribution in [0.1, 0.15) is 54.8 Å². The van der Waals surface area contributed by atoms with Crippen molar-refractivity contribution in [2.75, 3.05) is 5.32 Å². The van der Waals surface area contributed by atoms with Crippen LogP contribution in [0.4, 0.5) is 5.13 Å². The largest absolute Gasteiger partial charge is 0.358 e. The molecule has 1 aromatic carbocycles. The summed E-state index contributed by atoms with van der Waals surface area (Å²) in [4.78, 5) is 16.1. The molecule has 29 heavy (non-hydrogen) atoms. The molecule has 4 fully saturated rings. The van der Waals surface area contributed by atoms with Crippen molar-refractivity contribution in [3.63, 3.8) is 0 Å². The molecule has 4 bridgehead atoms. The number of hydrogen-bond acceptors (Lipinski definition) is 4. The van der Waals surface area contributed by atoms with Gasteiger partial charge in [-0.05, 0) is 74.8 Å². The standard InChI is InChI=1S/C23H26N4OS/c1-13-18(17-4-2-3-5-19(17)24-13)9-20(28)25-22-27-26-21(29-22)23-10-14-6-15(11-23)8-16(7-14)12-23/h2-5,14-16,24H,6-12H2,1H3,(H,25,27,28). The third-order valence-electron chi connectivity index (χ3n) is 7.53. The van der Waals surface area contributed by atoms with Crippen molar-refractivity contribution in [1.82, 2.24) is 15.2 Å². The Morgan fingerprint density at radius 1 is 1.14 bits per heavy atom. The molecule has 2 N–H and O–H groups in total. The number of amides is 1. The Labute approximate surface area is 174 Å². The molecule has 7 rings (SSSR count). The zero-order chi connectivity index (χ0) is 19.6. The van der Waals surface area contributed by atoms with E-state index in [2.05, 4.69) is 26.6 Å². The Bertz CT molecular complexity index is 1060. The van der Waals surface area contributed by atoms with Gasteiger partial charge >= 0.3 is 0 Å². The third-order valence-corrected chi connectivity index (χ3v) is 8.61. The van der Waals surface area contributed by atoms with Crippen molar-refractivity contribution < 1.29 is 4.79 Å². The molecule has 0 aliphatic heterocycles. The van der Waals surface area contributed by atoms with Crippen LogP contribution >= 0.6 is 11.3 Å². The van der Waals surface area contributed by atoms with Gasteiger partial charge in [-0.2, -0.15) is 0 Å². The second-order valence-electron chi connectivity index (χ2n) is 9.61. The molecule has 2 heterocycles. The number of aromatic nitrogens is 3. The highest BCUT2D eigenvalue weighted by molar-refractivity contribution is 7.15. The number of H-pyrrole nitrogens is 1. The highest BCUT2D eigenvalue weighted by Gasteiger charge is 2.53.